The van der Waals surface area contributed by atoms with Crippen LogP contribution in [0.5, 0.6) is 11.5 Å². The van der Waals surface area contributed by atoms with E-state index in [-0.39, 0.29) is 0 Å². The number of hydrogen-bond acceptors (Lipinski definition) is 3. The van der Waals surface area contributed by atoms with Crippen LogP contribution in [0.4, 0.5) is 0 Å². The zero-order valence-corrected chi connectivity index (χ0v) is 12.8. The average Bonchev–Trinajstić information content (AvgIpc) is 2.55. The second kappa shape index (κ2) is 7.50. The van der Waals surface area contributed by atoms with Crippen LogP contribution < -0.4 is 9.47 Å². The second-order valence-corrected chi connectivity index (χ2v) is 4.97. The highest BCUT2D eigenvalue weighted by atomic mass is 16.5. The van der Waals surface area contributed by atoms with E-state index in [1.807, 2.05) is 30.3 Å². The number of carbonyl (C=O) groups is 1. The van der Waals surface area contributed by atoms with Crippen LogP contribution in [0.1, 0.15) is 18.1 Å². The number of methoxy groups -OCH3 is 1. The first-order valence-corrected chi connectivity index (χ1v) is 7.24. The van der Waals surface area contributed by atoms with Crippen LogP contribution in [0.25, 0.3) is 0 Å². The van der Waals surface area contributed by atoms with E-state index in [4.69, 9.17) is 9.47 Å². The lowest BCUT2D eigenvalue weighted by Gasteiger charge is -2.17. The molecule has 0 amide bonds. The van der Waals surface area contributed by atoms with Crippen molar-refractivity contribution in [2.75, 3.05) is 7.11 Å². The van der Waals surface area contributed by atoms with Crippen LogP contribution in [-0.4, -0.2) is 24.3 Å². The molecular weight excluding hydrogens is 280 g/mol. The van der Waals surface area contributed by atoms with Crippen molar-refractivity contribution in [2.45, 2.75) is 25.9 Å². The monoisotopic (exact) mass is 300 g/mol. The molecule has 0 radical (unpaired) electrons. The molecule has 0 heterocycles. The molecule has 4 heteroatoms. The fourth-order valence-electron chi connectivity index (χ4n) is 2.17. The lowest BCUT2D eigenvalue weighted by molar-refractivity contribution is -0.145. The topological polar surface area (TPSA) is 55.8 Å². The molecule has 0 saturated heterocycles. The van der Waals surface area contributed by atoms with Crippen molar-refractivity contribution >= 4 is 5.97 Å². The Kier molecular flexibility index (Phi) is 5.42. The van der Waals surface area contributed by atoms with E-state index in [0.717, 1.165) is 12.0 Å². The molecule has 1 unspecified atom stereocenters. The van der Waals surface area contributed by atoms with E-state index in [0.29, 0.717) is 17.9 Å². The van der Waals surface area contributed by atoms with Crippen molar-refractivity contribution in [3.05, 3.63) is 59.7 Å². The number of carboxylic acids is 1. The van der Waals surface area contributed by atoms with E-state index in [1.54, 1.807) is 18.2 Å². The molecule has 2 aromatic rings. The Morgan fingerprint density at radius 2 is 1.64 bits per heavy atom. The SMILES string of the molecule is CCc1ccc(CC(Oc2ccccc2OC)C(=O)O)cc1. The van der Waals surface area contributed by atoms with E-state index in [9.17, 15) is 9.90 Å². The third-order valence-electron chi connectivity index (χ3n) is 3.47. The molecule has 2 rings (SSSR count). The van der Waals surface area contributed by atoms with Crippen LogP contribution in [0.15, 0.2) is 48.5 Å². The number of hydrogen-bond donors (Lipinski definition) is 1. The molecule has 4 nitrogen and oxygen atoms in total. The molecule has 0 aliphatic heterocycles. The maximum atomic E-state index is 11.5. The molecule has 0 fully saturated rings. The van der Waals surface area contributed by atoms with Gasteiger partial charge in [-0.05, 0) is 29.7 Å². The number of rotatable bonds is 7. The fourth-order valence-corrected chi connectivity index (χ4v) is 2.17. The van der Waals surface area contributed by atoms with Crippen molar-refractivity contribution in [2.24, 2.45) is 0 Å². The maximum absolute atomic E-state index is 11.5. The van der Waals surface area contributed by atoms with E-state index >= 15 is 0 Å². The molecule has 1 N–H and O–H groups in total. The highest BCUT2D eigenvalue weighted by Crippen LogP contribution is 2.27. The summed E-state index contributed by atoms with van der Waals surface area (Å²) in [4.78, 5) is 11.5. The first kappa shape index (κ1) is 15.9. The number of benzene rings is 2. The molecule has 0 bridgehead atoms. The Labute approximate surface area is 130 Å². The zero-order valence-electron chi connectivity index (χ0n) is 12.8. The maximum Gasteiger partial charge on any atom is 0.345 e. The highest BCUT2D eigenvalue weighted by Gasteiger charge is 2.21. The Hall–Kier alpha value is -2.49. The van der Waals surface area contributed by atoms with Gasteiger partial charge in [-0.2, -0.15) is 0 Å². The van der Waals surface area contributed by atoms with Crippen LogP contribution in [-0.2, 0) is 17.6 Å². The number of para-hydroxylation sites is 2. The van der Waals surface area contributed by atoms with Gasteiger partial charge >= 0.3 is 5.97 Å². The minimum Gasteiger partial charge on any atom is -0.493 e. The predicted octanol–water partition coefficient (Wildman–Crippen LogP) is 3.33. The molecule has 22 heavy (non-hydrogen) atoms. The summed E-state index contributed by atoms with van der Waals surface area (Å²) in [6, 6.07) is 15.0. The Balaban J connectivity index is 2.14. The third kappa shape index (κ3) is 4.01. The second-order valence-electron chi connectivity index (χ2n) is 4.97. The first-order chi connectivity index (χ1) is 10.6. The van der Waals surface area contributed by atoms with Crippen molar-refractivity contribution in [3.63, 3.8) is 0 Å². The Morgan fingerprint density at radius 1 is 1.05 bits per heavy atom. The molecule has 0 saturated carbocycles. The average molecular weight is 300 g/mol. The number of aliphatic carboxylic acids is 1. The summed E-state index contributed by atoms with van der Waals surface area (Å²) in [5.74, 6) is -0.0388. The fraction of sp³-hybridized carbons (Fsp3) is 0.278. The van der Waals surface area contributed by atoms with Crippen molar-refractivity contribution < 1.29 is 19.4 Å². The van der Waals surface area contributed by atoms with Gasteiger partial charge in [0, 0.05) is 6.42 Å². The molecule has 0 aromatic heterocycles. The van der Waals surface area contributed by atoms with E-state index in [1.165, 1.54) is 12.7 Å². The van der Waals surface area contributed by atoms with Crippen molar-refractivity contribution in [1.29, 1.82) is 0 Å². The van der Waals surface area contributed by atoms with Gasteiger partial charge in [0.25, 0.3) is 0 Å². The molecule has 2 aromatic carbocycles. The lowest BCUT2D eigenvalue weighted by Crippen LogP contribution is -2.29. The standard InChI is InChI=1S/C18H20O4/c1-3-13-8-10-14(11-9-13)12-17(18(19)20)22-16-7-5-4-6-15(16)21-2/h4-11,17H,3,12H2,1-2H3,(H,19,20). The van der Waals surface area contributed by atoms with Crippen LogP contribution in [0.2, 0.25) is 0 Å². The molecule has 116 valence electrons. The van der Waals surface area contributed by atoms with Crippen LogP contribution in [0, 0.1) is 0 Å². The van der Waals surface area contributed by atoms with Gasteiger partial charge in [0.1, 0.15) is 0 Å². The van der Waals surface area contributed by atoms with Crippen molar-refractivity contribution in [1.82, 2.24) is 0 Å². The van der Waals surface area contributed by atoms with E-state index in [2.05, 4.69) is 6.92 Å². The first-order valence-electron chi connectivity index (χ1n) is 7.24. The van der Waals surface area contributed by atoms with Gasteiger partial charge in [-0.15, -0.1) is 0 Å². The molecular formula is C18H20O4. The number of ether oxygens (including phenoxy) is 2. The molecule has 0 aliphatic carbocycles. The summed E-state index contributed by atoms with van der Waals surface area (Å²) in [5.41, 5.74) is 2.15. The van der Waals surface area contributed by atoms with Crippen LogP contribution in [0.3, 0.4) is 0 Å². The zero-order chi connectivity index (χ0) is 15.9. The Bertz CT molecular complexity index is 619. The lowest BCUT2D eigenvalue weighted by atomic mass is 10.0. The van der Waals surface area contributed by atoms with Gasteiger partial charge in [0.2, 0.25) is 0 Å². The summed E-state index contributed by atoms with van der Waals surface area (Å²) in [6.07, 6.45) is 0.307. The van der Waals surface area contributed by atoms with Gasteiger partial charge in [-0.1, -0.05) is 43.3 Å². The number of aryl methyl sites for hydroxylation is 1. The van der Waals surface area contributed by atoms with E-state index < -0.39 is 12.1 Å². The molecule has 0 aliphatic rings. The highest BCUT2D eigenvalue weighted by molar-refractivity contribution is 5.73. The summed E-state index contributed by atoms with van der Waals surface area (Å²) in [7, 11) is 1.53. The van der Waals surface area contributed by atoms with Crippen molar-refractivity contribution in [3.8, 4) is 11.5 Å². The third-order valence-corrected chi connectivity index (χ3v) is 3.47. The quantitative estimate of drug-likeness (QED) is 0.852. The summed E-state index contributed by atoms with van der Waals surface area (Å²) in [5, 5.41) is 9.39. The smallest absolute Gasteiger partial charge is 0.345 e. The van der Waals surface area contributed by atoms with Gasteiger partial charge in [0.05, 0.1) is 7.11 Å². The normalized spacial score (nSPS) is 11.7. The number of carboxylic acid groups (broad SMARTS) is 1. The van der Waals surface area contributed by atoms with Gasteiger partial charge in [-0.3, -0.25) is 0 Å². The molecule has 0 spiro atoms. The minimum atomic E-state index is -0.995. The van der Waals surface area contributed by atoms with Gasteiger partial charge in [0.15, 0.2) is 17.6 Å². The Morgan fingerprint density at radius 3 is 2.18 bits per heavy atom. The summed E-state index contributed by atoms with van der Waals surface area (Å²) in [6.45, 7) is 2.08. The van der Waals surface area contributed by atoms with Gasteiger partial charge < -0.3 is 14.6 Å². The summed E-state index contributed by atoms with van der Waals surface area (Å²) >= 11 is 0. The minimum absolute atomic E-state index is 0.303. The summed E-state index contributed by atoms with van der Waals surface area (Å²) < 4.78 is 10.8. The largest absolute Gasteiger partial charge is 0.493 e. The van der Waals surface area contributed by atoms with Crippen LogP contribution >= 0.6 is 0 Å². The van der Waals surface area contributed by atoms with Gasteiger partial charge in [-0.25, -0.2) is 4.79 Å². The predicted molar refractivity (Wildman–Crippen MR) is 84.6 cm³/mol. The molecule has 1 atom stereocenters.